The Labute approximate surface area is 102 Å². The van der Waals surface area contributed by atoms with Crippen LogP contribution >= 0.6 is 12.4 Å². The van der Waals surface area contributed by atoms with Crippen LogP contribution in [0.15, 0.2) is 24.3 Å². The summed E-state index contributed by atoms with van der Waals surface area (Å²) in [5.41, 5.74) is 1.29. The zero-order chi connectivity index (χ0) is 10.3. The van der Waals surface area contributed by atoms with Crippen molar-refractivity contribution in [2.75, 3.05) is 25.1 Å². The maximum Gasteiger partial charge on any atom is 0.120 e. The number of hydrogen-bond donors (Lipinski definition) is 1. The number of piperazine rings is 1. The Morgan fingerprint density at radius 2 is 2.31 bits per heavy atom. The van der Waals surface area contributed by atoms with E-state index in [1.807, 2.05) is 6.07 Å². The fourth-order valence-corrected chi connectivity index (χ4v) is 2.67. The lowest BCUT2D eigenvalue weighted by atomic mass is 10.2. The highest BCUT2D eigenvalue weighted by Gasteiger charge is 2.37. The van der Waals surface area contributed by atoms with Crippen LogP contribution in [0.25, 0.3) is 0 Å². The smallest absolute Gasteiger partial charge is 0.120 e. The third-order valence-corrected chi connectivity index (χ3v) is 3.44. The molecule has 0 aromatic heterocycles. The minimum absolute atomic E-state index is 0. The first-order valence-electron chi connectivity index (χ1n) is 5.51. The molecular weight excluding hydrogens is 224 g/mol. The highest BCUT2D eigenvalue weighted by atomic mass is 35.5. The highest BCUT2D eigenvalue weighted by molar-refractivity contribution is 5.85. The van der Waals surface area contributed by atoms with E-state index >= 15 is 0 Å². The van der Waals surface area contributed by atoms with Crippen LogP contribution in [0.1, 0.15) is 6.42 Å². The van der Waals surface area contributed by atoms with E-state index < -0.39 is 0 Å². The van der Waals surface area contributed by atoms with Gasteiger partial charge in [0.05, 0.1) is 7.11 Å². The fraction of sp³-hybridized carbons (Fsp3) is 0.500. The van der Waals surface area contributed by atoms with Crippen molar-refractivity contribution in [3.8, 4) is 5.75 Å². The Morgan fingerprint density at radius 3 is 2.94 bits per heavy atom. The average Bonchev–Trinajstić information content (AvgIpc) is 2.91. The van der Waals surface area contributed by atoms with Gasteiger partial charge in [0, 0.05) is 36.9 Å². The van der Waals surface area contributed by atoms with Crippen molar-refractivity contribution < 1.29 is 4.74 Å². The topological polar surface area (TPSA) is 24.5 Å². The Balaban J connectivity index is 0.000000963. The van der Waals surface area contributed by atoms with Gasteiger partial charge in [-0.1, -0.05) is 6.07 Å². The summed E-state index contributed by atoms with van der Waals surface area (Å²) in [7, 11) is 1.72. The summed E-state index contributed by atoms with van der Waals surface area (Å²) in [6, 6.07) is 9.73. The second-order valence-electron chi connectivity index (χ2n) is 4.35. The third kappa shape index (κ3) is 1.85. The molecule has 0 aliphatic carbocycles. The molecule has 3 nitrogen and oxygen atoms in total. The molecule has 0 spiro atoms. The Hall–Kier alpha value is -0.930. The molecule has 2 fully saturated rings. The number of halogens is 1. The number of ether oxygens (including phenoxy) is 1. The first-order valence-corrected chi connectivity index (χ1v) is 5.51. The Morgan fingerprint density at radius 1 is 1.44 bits per heavy atom. The summed E-state index contributed by atoms with van der Waals surface area (Å²) >= 11 is 0. The van der Waals surface area contributed by atoms with Gasteiger partial charge in [-0.15, -0.1) is 12.4 Å². The van der Waals surface area contributed by atoms with Crippen LogP contribution in [-0.4, -0.2) is 32.3 Å². The fourth-order valence-electron chi connectivity index (χ4n) is 2.67. The van der Waals surface area contributed by atoms with Crippen LogP contribution in [0.3, 0.4) is 0 Å². The molecule has 0 radical (unpaired) electrons. The number of benzene rings is 1. The number of methoxy groups -OCH3 is 1. The molecule has 2 aliphatic heterocycles. The van der Waals surface area contributed by atoms with E-state index in [-0.39, 0.29) is 12.4 Å². The molecule has 2 heterocycles. The molecule has 2 saturated heterocycles. The van der Waals surface area contributed by atoms with Gasteiger partial charge in [0.15, 0.2) is 0 Å². The number of rotatable bonds is 2. The zero-order valence-electron chi connectivity index (χ0n) is 9.35. The van der Waals surface area contributed by atoms with Crippen molar-refractivity contribution in [1.29, 1.82) is 0 Å². The molecule has 2 atom stereocenters. The molecule has 4 heteroatoms. The second kappa shape index (κ2) is 4.52. The number of nitrogens with one attached hydrogen (secondary N) is 1. The van der Waals surface area contributed by atoms with Crippen molar-refractivity contribution in [2.24, 2.45) is 0 Å². The van der Waals surface area contributed by atoms with E-state index in [1.165, 1.54) is 12.1 Å². The molecule has 0 saturated carbocycles. The number of nitrogens with zero attached hydrogens (tertiary/aromatic N) is 1. The van der Waals surface area contributed by atoms with E-state index in [0.29, 0.717) is 12.1 Å². The second-order valence-corrected chi connectivity index (χ2v) is 4.35. The van der Waals surface area contributed by atoms with Crippen LogP contribution in [0.2, 0.25) is 0 Å². The molecular formula is C12H17ClN2O. The van der Waals surface area contributed by atoms with E-state index in [0.717, 1.165) is 18.8 Å². The molecule has 1 aromatic carbocycles. The zero-order valence-corrected chi connectivity index (χ0v) is 10.2. The molecule has 16 heavy (non-hydrogen) atoms. The maximum absolute atomic E-state index is 5.25. The summed E-state index contributed by atoms with van der Waals surface area (Å²) in [5.74, 6) is 0.947. The van der Waals surface area contributed by atoms with Gasteiger partial charge in [-0.05, 0) is 18.6 Å². The summed E-state index contributed by atoms with van der Waals surface area (Å²) < 4.78 is 5.25. The average molecular weight is 241 g/mol. The molecule has 88 valence electrons. The van der Waals surface area contributed by atoms with Gasteiger partial charge in [-0.25, -0.2) is 0 Å². The van der Waals surface area contributed by atoms with Gasteiger partial charge < -0.3 is 15.0 Å². The maximum atomic E-state index is 5.25. The van der Waals surface area contributed by atoms with Gasteiger partial charge in [-0.3, -0.25) is 0 Å². The normalized spacial score (nSPS) is 26.7. The van der Waals surface area contributed by atoms with Crippen LogP contribution in [0, 0.1) is 0 Å². The molecule has 1 N–H and O–H groups in total. The van der Waals surface area contributed by atoms with Gasteiger partial charge in [0.2, 0.25) is 0 Å². The SMILES string of the molecule is COc1cccc(N2CC3CC2CN3)c1.Cl. The molecule has 0 amide bonds. The van der Waals surface area contributed by atoms with E-state index in [4.69, 9.17) is 4.74 Å². The summed E-state index contributed by atoms with van der Waals surface area (Å²) in [4.78, 5) is 2.49. The van der Waals surface area contributed by atoms with Gasteiger partial charge >= 0.3 is 0 Å². The molecule has 2 unspecified atom stereocenters. The van der Waals surface area contributed by atoms with Crippen molar-refractivity contribution >= 4 is 18.1 Å². The lowest BCUT2D eigenvalue weighted by Gasteiger charge is -2.29. The molecule has 2 aliphatic rings. The van der Waals surface area contributed by atoms with Gasteiger partial charge in [0.1, 0.15) is 5.75 Å². The molecule has 2 bridgehead atoms. The monoisotopic (exact) mass is 240 g/mol. The Bertz CT molecular complexity index is 372. The first kappa shape index (κ1) is 11.6. The predicted octanol–water partition coefficient (Wildman–Crippen LogP) is 1.67. The number of fused-ring (bicyclic) bond motifs is 2. The third-order valence-electron chi connectivity index (χ3n) is 3.44. The van der Waals surface area contributed by atoms with Crippen LogP contribution in [0.4, 0.5) is 5.69 Å². The van der Waals surface area contributed by atoms with Crippen molar-refractivity contribution in [2.45, 2.75) is 18.5 Å². The number of anilines is 1. The largest absolute Gasteiger partial charge is 0.497 e. The van der Waals surface area contributed by atoms with Crippen molar-refractivity contribution in [1.82, 2.24) is 5.32 Å². The Kier molecular flexibility index (Phi) is 3.26. The number of hydrogen-bond acceptors (Lipinski definition) is 3. The van der Waals surface area contributed by atoms with Crippen LogP contribution < -0.4 is 15.0 Å². The van der Waals surface area contributed by atoms with Crippen LogP contribution in [-0.2, 0) is 0 Å². The minimum Gasteiger partial charge on any atom is -0.497 e. The standard InChI is InChI=1S/C12H16N2O.ClH/c1-15-12-4-2-3-10(6-12)14-8-9-5-11(14)7-13-9;/h2-4,6,9,11,13H,5,7-8H2,1H3;1H. The lowest BCUT2D eigenvalue weighted by Crippen LogP contribution is -2.43. The predicted molar refractivity (Wildman–Crippen MR) is 67.8 cm³/mol. The van der Waals surface area contributed by atoms with E-state index in [2.05, 4.69) is 28.4 Å². The van der Waals surface area contributed by atoms with E-state index in [1.54, 1.807) is 7.11 Å². The van der Waals surface area contributed by atoms with Crippen LogP contribution in [0.5, 0.6) is 5.75 Å². The first-order chi connectivity index (χ1) is 7.36. The van der Waals surface area contributed by atoms with E-state index in [9.17, 15) is 0 Å². The molecule has 1 aromatic rings. The highest BCUT2D eigenvalue weighted by Crippen LogP contribution is 2.31. The van der Waals surface area contributed by atoms with Gasteiger partial charge in [0.25, 0.3) is 0 Å². The summed E-state index contributed by atoms with van der Waals surface area (Å²) in [6.45, 7) is 2.26. The minimum atomic E-state index is 0. The quantitative estimate of drug-likeness (QED) is 0.851. The van der Waals surface area contributed by atoms with Crippen molar-refractivity contribution in [3.63, 3.8) is 0 Å². The molecule has 3 rings (SSSR count). The summed E-state index contributed by atoms with van der Waals surface area (Å²) in [5, 5.41) is 3.51. The lowest BCUT2D eigenvalue weighted by molar-refractivity contribution is 0.414. The van der Waals surface area contributed by atoms with Gasteiger partial charge in [-0.2, -0.15) is 0 Å². The van der Waals surface area contributed by atoms with Crippen molar-refractivity contribution in [3.05, 3.63) is 24.3 Å². The summed E-state index contributed by atoms with van der Waals surface area (Å²) in [6.07, 6.45) is 1.29.